The Kier molecular flexibility index (Phi) is 4.66. The van der Waals surface area contributed by atoms with Crippen LogP contribution in [0.25, 0.3) is 10.8 Å². The third-order valence-electron chi connectivity index (χ3n) is 3.89. The lowest BCUT2D eigenvalue weighted by Crippen LogP contribution is -2.05. The van der Waals surface area contributed by atoms with Crippen molar-refractivity contribution in [3.63, 3.8) is 0 Å². The van der Waals surface area contributed by atoms with E-state index in [9.17, 15) is 15.0 Å². The highest BCUT2D eigenvalue weighted by Crippen LogP contribution is 2.27. The van der Waals surface area contributed by atoms with Gasteiger partial charge in [0.1, 0.15) is 23.8 Å². The van der Waals surface area contributed by atoms with Gasteiger partial charge in [-0.3, -0.25) is 9.79 Å². The Bertz CT molecular complexity index is 963. The van der Waals surface area contributed by atoms with E-state index in [1.165, 1.54) is 25.5 Å². The van der Waals surface area contributed by atoms with Crippen LogP contribution in [0.3, 0.4) is 0 Å². The van der Waals surface area contributed by atoms with Crippen molar-refractivity contribution in [3.8, 4) is 17.2 Å². The number of ether oxygens (including phenoxy) is 1. The molecule has 25 heavy (non-hydrogen) atoms. The van der Waals surface area contributed by atoms with Crippen LogP contribution in [-0.2, 0) is 0 Å². The number of hydrogen-bond acceptors (Lipinski definition) is 5. The van der Waals surface area contributed by atoms with E-state index in [4.69, 9.17) is 4.74 Å². The fraction of sp³-hybridized carbons (Fsp3) is 0.100. The molecule has 3 rings (SSSR count). The lowest BCUT2D eigenvalue weighted by molar-refractivity contribution is 0.100. The van der Waals surface area contributed by atoms with Crippen LogP contribution in [-0.4, -0.2) is 35.9 Å². The first kappa shape index (κ1) is 16.5. The minimum Gasteiger partial charge on any atom is -0.507 e. The molecule has 0 unspecified atom stereocenters. The van der Waals surface area contributed by atoms with Gasteiger partial charge in [0.2, 0.25) is 0 Å². The van der Waals surface area contributed by atoms with Crippen molar-refractivity contribution in [3.05, 3.63) is 65.7 Å². The fourth-order valence-corrected chi connectivity index (χ4v) is 2.62. The molecule has 0 saturated carbocycles. The number of rotatable bonds is 5. The number of fused-ring (bicyclic) bond motifs is 1. The zero-order valence-corrected chi connectivity index (χ0v) is 13.6. The van der Waals surface area contributed by atoms with Crippen LogP contribution < -0.4 is 4.74 Å². The summed E-state index contributed by atoms with van der Waals surface area (Å²) < 4.78 is 5.10. The van der Waals surface area contributed by atoms with Gasteiger partial charge < -0.3 is 14.9 Å². The molecule has 3 aromatic carbocycles. The lowest BCUT2D eigenvalue weighted by atomic mass is 10.0. The maximum atomic E-state index is 12.5. The second-order valence-electron chi connectivity index (χ2n) is 5.50. The average Bonchev–Trinajstić information content (AvgIpc) is 2.63. The number of nitrogens with zero attached hydrogens (tertiary/aromatic N) is 1. The number of methoxy groups -OCH3 is 1. The van der Waals surface area contributed by atoms with Crippen LogP contribution in [0.2, 0.25) is 0 Å². The first-order valence-electron chi connectivity index (χ1n) is 7.71. The Labute approximate surface area is 144 Å². The summed E-state index contributed by atoms with van der Waals surface area (Å²) in [6, 6.07) is 15.4. The van der Waals surface area contributed by atoms with E-state index in [0.29, 0.717) is 16.7 Å². The third-order valence-corrected chi connectivity index (χ3v) is 3.89. The fourth-order valence-electron chi connectivity index (χ4n) is 2.62. The van der Waals surface area contributed by atoms with Crippen LogP contribution in [0.4, 0.5) is 0 Å². The average molecular weight is 335 g/mol. The molecule has 126 valence electrons. The number of ketones is 1. The van der Waals surface area contributed by atoms with Crippen molar-refractivity contribution in [1.82, 2.24) is 0 Å². The highest BCUT2D eigenvalue weighted by Gasteiger charge is 2.14. The van der Waals surface area contributed by atoms with Gasteiger partial charge in [-0.15, -0.1) is 0 Å². The molecule has 5 nitrogen and oxygen atoms in total. The third kappa shape index (κ3) is 3.45. The predicted octanol–water partition coefficient (Wildman–Crippen LogP) is 3.56. The van der Waals surface area contributed by atoms with Crippen molar-refractivity contribution < 1.29 is 19.7 Å². The van der Waals surface area contributed by atoms with Gasteiger partial charge in [-0.05, 0) is 35.0 Å². The number of phenolic OH excluding ortho intramolecular Hbond substituents is 2. The van der Waals surface area contributed by atoms with E-state index in [1.54, 1.807) is 24.3 Å². The molecule has 0 aliphatic carbocycles. The van der Waals surface area contributed by atoms with Crippen LogP contribution in [0.1, 0.15) is 15.9 Å². The van der Waals surface area contributed by atoms with Crippen LogP contribution >= 0.6 is 0 Å². The van der Waals surface area contributed by atoms with Gasteiger partial charge in [0.25, 0.3) is 0 Å². The van der Waals surface area contributed by atoms with Gasteiger partial charge >= 0.3 is 0 Å². The molecule has 0 amide bonds. The Morgan fingerprint density at radius 2 is 1.84 bits per heavy atom. The van der Waals surface area contributed by atoms with E-state index in [2.05, 4.69) is 4.99 Å². The molecular formula is C20H17NO4. The molecule has 5 heteroatoms. The Hall–Kier alpha value is -3.34. The standard InChI is InChI=1S/C20H17NO4/c1-25-15-7-9-17(22)14(10-15)11-21-12-19(24)20-16-5-3-2-4-13(16)6-8-18(20)23/h2-11,22-23H,12H2,1H3. The van der Waals surface area contributed by atoms with Gasteiger partial charge in [0.15, 0.2) is 5.78 Å². The summed E-state index contributed by atoms with van der Waals surface area (Å²) in [6.07, 6.45) is 1.41. The first-order chi connectivity index (χ1) is 12.1. The number of benzene rings is 3. The number of aliphatic imine (C=N–C) groups is 1. The van der Waals surface area contributed by atoms with E-state index in [1.807, 2.05) is 18.2 Å². The Morgan fingerprint density at radius 1 is 1.08 bits per heavy atom. The van der Waals surface area contributed by atoms with E-state index in [-0.39, 0.29) is 29.4 Å². The molecule has 0 heterocycles. The summed E-state index contributed by atoms with van der Waals surface area (Å²) in [5.41, 5.74) is 0.708. The molecule has 0 radical (unpaired) electrons. The van der Waals surface area contributed by atoms with Gasteiger partial charge in [-0.25, -0.2) is 0 Å². The summed E-state index contributed by atoms with van der Waals surface area (Å²) in [4.78, 5) is 16.6. The van der Waals surface area contributed by atoms with E-state index < -0.39 is 0 Å². The Balaban J connectivity index is 1.85. The molecule has 0 spiro atoms. The molecule has 3 aromatic rings. The Morgan fingerprint density at radius 3 is 2.64 bits per heavy atom. The lowest BCUT2D eigenvalue weighted by Gasteiger charge is -2.07. The van der Waals surface area contributed by atoms with E-state index in [0.717, 1.165) is 5.39 Å². The van der Waals surface area contributed by atoms with Crippen LogP contribution in [0.15, 0.2) is 59.6 Å². The molecule has 2 N–H and O–H groups in total. The molecular weight excluding hydrogens is 318 g/mol. The van der Waals surface area contributed by atoms with Gasteiger partial charge in [-0.2, -0.15) is 0 Å². The van der Waals surface area contributed by atoms with Crippen LogP contribution in [0, 0.1) is 0 Å². The van der Waals surface area contributed by atoms with Gasteiger partial charge in [0.05, 0.1) is 12.7 Å². The number of Topliss-reactive ketones (excluding diaryl/α,β-unsaturated/α-hetero) is 1. The molecule has 0 aliphatic rings. The maximum absolute atomic E-state index is 12.5. The molecule has 0 fully saturated rings. The molecule has 0 atom stereocenters. The summed E-state index contributed by atoms with van der Waals surface area (Å²) in [6.45, 7) is -0.141. The minimum absolute atomic E-state index is 0.0463. The number of hydrogen-bond donors (Lipinski definition) is 2. The minimum atomic E-state index is -0.298. The molecule has 0 saturated heterocycles. The number of phenols is 2. The summed E-state index contributed by atoms with van der Waals surface area (Å²) in [5.74, 6) is 0.262. The topological polar surface area (TPSA) is 79.1 Å². The summed E-state index contributed by atoms with van der Waals surface area (Å²) >= 11 is 0. The molecule has 0 aromatic heterocycles. The van der Waals surface area contributed by atoms with Crippen molar-refractivity contribution in [2.45, 2.75) is 0 Å². The predicted molar refractivity (Wildman–Crippen MR) is 97.1 cm³/mol. The zero-order valence-electron chi connectivity index (χ0n) is 13.6. The number of carbonyl (C=O) groups is 1. The highest BCUT2D eigenvalue weighted by atomic mass is 16.5. The molecule has 0 bridgehead atoms. The SMILES string of the molecule is COc1ccc(O)c(C=NCC(=O)c2c(O)ccc3ccccc23)c1. The second-order valence-corrected chi connectivity index (χ2v) is 5.50. The largest absolute Gasteiger partial charge is 0.507 e. The van der Waals surface area contributed by atoms with Gasteiger partial charge in [0, 0.05) is 11.8 Å². The van der Waals surface area contributed by atoms with Crippen LogP contribution in [0.5, 0.6) is 17.2 Å². The summed E-state index contributed by atoms with van der Waals surface area (Å²) in [5, 5.41) is 21.5. The summed E-state index contributed by atoms with van der Waals surface area (Å²) in [7, 11) is 1.53. The van der Waals surface area contributed by atoms with Crippen molar-refractivity contribution >= 4 is 22.8 Å². The first-order valence-corrected chi connectivity index (χ1v) is 7.71. The zero-order chi connectivity index (χ0) is 17.8. The maximum Gasteiger partial charge on any atom is 0.188 e. The second kappa shape index (κ2) is 7.05. The monoisotopic (exact) mass is 335 g/mol. The number of aromatic hydroxyl groups is 2. The quantitative estimate of drug-likeness (QED) is 0.552. The normalized spacial score (nSPS) is 11.1. The van der Waals surface area contributed by atoms with Crippen molar-refractivity contribution in [2.75, 3.05) is 13.7 Å². The van der Waals surface area contributed by atoms with Crippen molar-refractivity contribution in [1.29, 1.82) is 0 Å². The smallest absolute Gasteiger partial charge is 0.188 e. The highest BCUT2D eigenvalue weighted by molar-refractivity contribution is 6.11. The molecule has 0 aliphatic heterocycles. The van der Waals surface area contributed by atoms with E-state index >= 15 is 0 Å². The number of carbonyl (C=O) groups excluding carboxylic acids is 1. The van der Waals surface area contributed by atoms with Gasteiger partial charge in [-0.1, -0.05) is 30.3 Å². The van der Waals surface area contributed by atoms with Crippen molar-refractivity contribution in [2.24, 2.45) is 4.99 Å².